The van der Waals surface area contributed by atoms with Crippen LogP contribution in [-0.2, 0) is 19.2 Å². The Bertz CT molecular complexity index is 1810. The number of hydrogen-bond acceptors (Lipinski definition) is 10. The van der Waals surface area contributed by atoms with E-state index in [4.69, 9.17) is 0 Å². The smallest absolute Gasteiger partial charge is 0.352 e. The third kappa shape index (κ3) is 4.99. The number of β-lactam (4-membered cyclic amide) rings is 1. The number of nitrogens with zero attached hydrogens (tertiary/aromatic N) is 5. The number of carboxylic acids is 1. The first-order valence-electron chi connectivity index (χ1n) is 14.1. The van der Waals surface area contributed by atoms with Crippen molar-refractivity contribution in [3.05, 3.63) is 58.4 Å². The predicted molar refractivity (Wildman–Crippen MR) is 160 cm³/mol. The van der Waals surface area contributed by atoms with Gasteiger partial charge in [0.25, 0.3) is 11.7 Å². The zero-order valence-corrected chi connectivity index (χ0v) is 25.1. The van der Waals surface area contributed by atoms with Crippen LogP contribution >= 0.6 is 23.5 Å². The molecule has 3 amide bonds. The molecule has 0 unspecified atom stereocenters. The standard InChI is InChI=1S/C29H27N7O6S2/c1-13-10-20(36-29(31-13)33-24(34-36)15-4-6-16(37)7-5-15)43-12-19(38)32-22-26(40)35-23(28(41)42)18(11-44-27(22)35)21(14-2-3-14)17-8-9-30-25(17)39/h4-7,10,14,22,27,37H,2-3,8-9,11-12H2,1H3,(H,30,39)(H,32,38)(H,41,42)/t22-,27-/m1/s1. The zero-order chi connectivity index (χ0) is 30.7. The van der Waals surface area contributed by atoms with Gasteiger partial charge >= 0.3 is 5.97 Å². The molecule has 44 heavy (non-hydrogen) atoms. The summed E-state index contributed by atoms with van der Waals surface area (Å²) < 4.78 is 1.54. The minimum absolute atomic E-state index is 0.0198. The van der Waals surface area contributed by atoms with Gasteiger partial charge in [0.15, 0.2) is 5.82 Å². The molecule has 0 bridgehead atoms. The van der Waals surface area contributed by atoms with E-state index < -0.39 is 23.3 Å². The molecule has 15 heteroatoms. The van der Waals surface area contributed by atoms with Gasteiger partial charge in [-0.05, 0) is 73.6 Å². The normalized spacial score (nSPS) is 22.5. The van der Waals surface area contributed by atoms with Crippen molar-refractivity contribution in [3.63, 3.8) is 0 Å². The number of aliphatic carboxylic acids is 1. The molecule has 1 saturated carbocycles. The molecule has 13 nitrogen and oxygen atoms in total. The molecule has 226 valence electrons. The maximum atomic E-state index is 13.3. The average Bonchev–Trinajstić information content (AvgIpc) is 3.60. The molecule has 0 spiro atoms. The van der Waals surface area contributed by atoms with Crippen LogP contribution in [0.3, 0.4) is 0 Å². The van der Waals surface area contributed by atoms with Crippen LogP contribution in [0.4, 0.5) is 0 Å². The maximum absolute atomic E-state index is 13.3. The molecule has 5 heterocycles. The van der Waals surface area contributed by atoms with E-state index in [0.29, 0.717) is 57.8 Å². The highest BCUT2D eigenvalue weighted by molar-refractivity contribution is 8.00. The summed E-state index contributed by atoms with van der Waals surface area (Å²) in [5, 5.41) is 30.0. The number of benzene rings is 1. The lowest BCUT2D eigenvalue weighted by atomic mass is 9.91. The van der Waals surface area contributed by atoms with Crippen molar-refractivity contribution >= 4 is 53.0 Å². The summed E-state index contributed by atoms with van der Waals surface area (Å²) in [5.74, 6) is -0.900. The third-order valence-corrected chi connectivity index (χ3v) is 10.2. The number of hydrogen-bond donors (Lipinski definition) is 4. The summed E-state index contributed by atoms with van der Waals surface area (Å²) in [4.78, 5) is 61.5. The van der Waals surface area contributed by atoms with Gasteiger partial charge in [-0.15, -0.1) is 16.9 Å². The Hall–Kier alpha value is -4.37. The quantitative estimate of drug-likeness (QED) is 0.123. The number of thioether (sulfide) groups is 2. The van der Waals surface area contributed by atoms with Crippen LogP contribution in [0.25, 0.3) is 17.2 Å². The number of carbonyl (C=O) groups is 4. The molecule has 7 rings (SSSR count). The number of rotatable bonds is 8. The van der Waals surface area contributed by atoms with Crippen molar-refractivity contribution < 1.29 is 29.4 Å². The van der Waals surface area contributed by atoms with Crippen LogP contribution in [0.2, 0.25) is 0 Å². The summed E-state index contributed by atoms with van der Waals surface area (Å²) >= 11 is 2.61. The number of carbonyl (C=O) groups excluding carboxylic acids is 3. The van der Waals surface area contributed by atoms with Gasteiger partial charge in [-0.3, -0.25) is 19.3 Å². The second-order valence-electron chi connectivity index (χ2n) is 11.0. The number of aromatic hydroxyl groups is 1. The van der Waals surface area contributed by atoms with Gasteiger partial charge in [-0.2, -0.15) is 9.50 Å². The molecule has 3 aromatic rings. The molecule has 3 aliphatic heterocycles. The highest BCUT2D eigenvalue weighted by Crippen LogP contribution is 2.49. The molecule has 3 fully saturated rings. The molecular formula is C29H27N7O6S2. The van der Waals surface area contributed by atoms with E-state index in [1.54, 1.807) is 34.8 Å². The van der Waals surface area contributed by atoms with Crippen molar-refractivity contribution in [1.82, 2.24) is 35.1 Å². The van der Waals surface area contributed by atoms with E-state index >= 15 is 0 Å². The van der Waals surface area contributed by atoms with Gasteiger partial charge < -0.3 is 20.8 Å². The summed E-state index contributed by atoms with van der Waals surface area (Å²) in [6.07, 6.45) is 2.31. The van der Waals surface area contributed by atoms with E-state index in [1.165, 1.54) is 28.4 Å². The number of allylic oxidation sites excluding steroid dienone is 1. The van der Waals surface area contributed by atoms with Crippen LogP contribution < -0.4 is 10.6 Å². The van der Waals surface area contributed by atoms with E-state index in [2.05, 4.69) is 25.7 Å². The predicted octanol–water partition coefficient (Wildman–Crippen LogP) is 1.86. The van der Waals surface area contributed by atoms with E-state index in [0.717, 1.165) is 18.4 Å². The van der Waals surface area contributed by atoms with Gasteiger partial charge in [-0.25, -0.2) is 9.78 Å². The first kappa shape index (κ1) is 28.4. The van der Waals surface area contributed by atoms with Crippen molar-refractivity contribution in [2.75, 3.05) is 18.1 Å². The van der Waals surface area contributed by atoms with Crippen LogP contribution in [0.15, 0.2) is 57.8 Å². The fourth-order valence-electron chi connectivity index (χ4n) is 5.79. The number of fused-ring (bicyclic) bond motifs is 2. The first-order chi connectivity index (χ1) is 21.2. The minimum atomic E-state index is -1.22. The average molecular weight is 634 g/mol. The van der Waals surface area contributed by atoms with E-state index in [-0.39, 0.29) is 34.9 Å². The second-order valence-corrected chi connectivity index (χ2v) is 13.1. The maximum Gasteiger partial charge on any atom is 0.352 e. The highest BCUT2D eigenvalue weighted by Gasteiger charge is 2.55. The SMILES string of the molecule is Cc1cc(SCC(=O)N[C@@H]2C(=O)N3C(C(=O)O)=C(C(=C4CCNC4=O)C4CC4)CS[C@H]23)n2nc(-c3ccc(O)cc3)nc2n1. The van der Waals surface area contributed by atoms with Gasteiger partial charge in [-0.1, -0.05) is 11.8 Å². The topological polar surface area (TPSA) is 179 Å². The summed E-state index contributed by atoms with van der Waals surface area (Å²) in [7, 11) is 0. The Morgan fingerprint density at radius 1 is 1.18 bits per heavy atom. The summed E-state index contributed by atoms with van der Waals surface area (Å²) in [6.45, 7) is 2.33. The van der Waals surface area contributed by atoms with Crippen LogP contribution in [0.5, 0.6) is 5.75 Å². The molecule has 1 aliphatic carbocycles. The lowest BCUT2D eigenvalue weighted by molar-refractivity contribution is -0.150. The molecule has 4 aliphatic rings. The molecular weight excluding hydrogens is 606 g/mol. The Kier molecular flexibility index (Phi) is 7.08. The van der Waals surface area contributed by atoms with Crippen molar-refractivity contribution in [3.8, 4) is 17.1 Å². The number of phenols is 1. The number of phenolic OH excluding ortho intramolecular Hbond substituents is 1. The molecule has 2 atom stereocenters. The molecule has 1 aromatic carbocycles. The number of carboxylic acid groups (broad SMARTS) is 1. The Labute approximate surface area is 259 Å². The largest absolute Gasteiger partial charge is 0.508 e. The number of aromatic nitrogens is 4. The van der Waals surface area contributed by atoms with Gasteiger partial charge in [0.1, 0.15) is 27.9 Å². The van der Waals surface area contributed by atoms with Crippen LogP contribution in [0, 0.1) is 12.8 Å². The molecule has 2 saturated heterocycles. The van der Waals surface area contributed by atoms with E-state index in [9.17, 15) is 29.4 Å². The molecule has 4 N–H and O–H groups in total. The zero-order valence-electron chi connectivity index (χ0n) is 23.4. The Balaban J connectivity index is 1.07. The summed E-state index contributed by atoms with van der Waals surface area (Å²) in [5.41, 5.74) is 3.24. The monoisotopic (exact) mass is 633 g/mol. The first-order valence-corrected chi connectivity index (χ1v) is 16.1. The Morgan fingerprint density at radius 3 is 2.64 bits per heavy atom. The summed E-state index contributed by atoms with van der Waals surface area (Å²) in [6, 6.07) is 7.41. The van der Waals surface area contributed by atoms with Crippen molar-refractivity contribution in [1.29, 1.82) is 0 Å². The fourth-order valence-corrected chi connectivity index (χ4v) is 8.02. The molecule has 0 radical (unpaired) electrons. The third-order valence-electron chi connectivity index (χ3n) is 7.94. The molecule has 2 aromatic heterocycles. The highest BCUT2D eigenvalue weighted by atomic mass is 32.2. The number of nitrogens with one attached hydrogen (secondary N) is 2. The van der Waals surface area contributed by atoms with E-state index in [1.807, 2.05) is 6.92 Å². The van der Waals surface area contributed by atoms with Crippen LogP contribution in [0.1, 0.15) is 25.0 Å². The van der Waals surface area contributed by atoms with Gasteiger partial charge in [0, 0.05) is 29.1 Å². The Morgan fingerprint density at radius 2 is 1.95 bits per heavy atom. The fraction of sp³-hybridized carbons (Fsp3) is 0.345. The van der Waals surface area contributed by atoms with Gasteiger partial charge in [0.05, 0.1) is 5.75 Å². The van der Waals surface area contributed by atoms with Crippen molar-refractivity contribution in [2.24, 2.45) is 5.92 Å². The van der Waals surface area contributed by atoms with Crippen molar-refractivity contribution in [2.45, 2.75) is 42.6 Å². The number of aryl methyl sites for hydroxylation is 1. The lowest BCUT2D eigenvalue weighted by Crippen LogP contribution is -2.70. The second kappa shape index (κ2) is 11.0. The lowest BCUT2D eigenvalue weighted by Gasteiger charge is -2.49. The number of amides is 3. The van der Waals surface area contributed by atoms with Crippen LogP contribution in [-0.4, -0.2) is 87.9 Å². The minimum Gasteiger partial charge on any atom is -0.508 e. The van der Waals surface area contributed by atoms with Gasteiger partial charge in [0.2, 0.25) is 11.8 Å².